The minimum atomic E-state index is -0.410. The molecule has 8 nitrogen and oxygen atoms in total. The molecule has 0 fully saturated rings. The lowest BCUT2D eigenvalue weighted by Gasteiger charge is -2.17. The molecule has 1 atom stereocenters. The van der Waals surface area contributed by atoms with E-state index in [1.807, 2.05) is 20.8 Å². The number of amides is 1. The first-order chi connectivity index (χ1) is 13.7. The lowest BCUT2D eigenvalue weighted by molar-refractivity contribution is -0.121. The molecule has 0 radical (unpaired) electrons. The van der Waals surface area contributed by atoms with Gasteiger partial charge in [-0.1, -0.05) is 23.8 Å². The SMILES string of the molecule is Cc1ccc(C)c(C(C)NC(=O)CCCn2cnc3c2c(=O)n(C)c(=O)n3C)c1. The van der Waals surface area contributed by atoms with E-state index in [9.17, 15) is 14.4 Å². The number of aromatic nitrogens is 4. The monoisotopic (exact) mass is 397 g/mol. The highest BCUT2D eigenvalue weighted by Crippen LogP contribution is 2.19. The third kappa shape index (κ3) is 4.01. The highest BCUT2D eigenvalue weighted by atomic mass is 16.2. The Labute approximate surface area is 168 Å². The summed E-state index contributed by atoms with van der Waals surface area (Å²) in [6.07, 6.45) is 2.44. The van der Waals surface area contributed by atoms with E-state index in [0.29, 0.717) is 30.6 Å². The minimum Gasteiger partial charge on any atom is -0.350 e. The summed E-state index contributed by atoms with van der Waals surface area (Å²) in [6, 6.07) is 6.14. The Bertz CT molecular complexity index is 1190. The fourth-order valence-corrected chi connectivity index (χ4v) is 3.59. The van der Waals surface area contributed by atoms with Crippen LogP contribution < -0.4 is 16.6 Å². The maximum atomic E-state index is 12.5. The van der Waals surface area contributed by atoms with Gasteiger partial charge in [0.25, 0.3) is 5.56 Å². The molecule has 2 aromatic heterocycles. The fourth-order valence-electron chi connectivity index (χ4n) is 3.59. The molecule has 1 unspecified atom stereocenters. The van der Waals surface area contributed by atoms with Crippen molar-refractivity contribution in [1.29, 1.82) is 0 Å². The maximum Gasteiger partial charge on any atom is 0.332 e. The smallest absolute Gasteiger partial charge is 0.332 e. The van der Waals surface area contributed by atoms with Crippen molar-refractivity contribution in [3.05, 3.63) is 62.1 Å². The van der Waals surface area contributed by atoms with Gasteiger partial charge in [-0.05, 0) is 38.3 Å². The molecule has 3 rings (SSSR count). The van der Waals surface area contributed by atoms with Gasteiger partial charge in [0.05, 0.1) is 12.4 Å². The molecule has 0 bridgehead atoms. The van der Waals surface area contributed by atoms with Gasteiger partial charge in [0.2, 0.25) is 5.91 Å². The molecule has 0 saturated heterocycles. The van der Waals surface area contributed by atoms with Crippen molar-refractivity contribution < 1.29 is 4.79 Å². The third-order valence-corrected chi connectivity index (χ3v) is 5.30. The van der Waals surface area contributed by atoms with Crippen LogP contribution in [0.4, 0.5) is 0 Å². The second-order valence-electron chi connectivity index (χ2n) is 7.57. The molecule has 3 aromatic rings. The van der Waals surface area contributed by atoms with Gasteiger partial charge in [-0.25, -0.2) is 9.78 Å². The molecule has 0 saturated carbocycles. The molecule has 1 N–H and O–H groups in total. The highest BCUT2D eigenvalue weighted by Gasteiger charge is 2.15. The van der Waals surface area contributed by atoms with Crippen molar-refractivity contribution in [3.8, 4) is 0 Å². The number of aryl methyl sites for hydroxylation is 4. The Balaban J connectivity index is 1.66. The van der Waals surface area contributed by atoms with Crippen LogP contribution in [0.25, 0.3) is 11.2 Å². The van der Waals surface area contributed by atoms with E-state index in [1.54, 1.807) is 17.9 Å². The van der Waals surface area contributed by atoms with Crippen LogP contribution >= 0.6 is 0 Å². The lowest BCUT2D eigenvalue weighted by Crippen LogP contribution is -2.37. The Hall–Kier alpha value is -3.16. The number of benzene rings is 1. The molecule has 0 aliphatic rings. The van der Waals surface area contributed by atoms with Crippen LogP contribution in [0.1, 0.15) is 42.5 Å². The topological polar surface area (TPSA) is 90.9 Å². The molecule has 0 spiro atoms. The van der Waals surface area contributed by atoms with Crippen LogP contribution in [0.5, 0.6) is 0 Å². The Kier molecular flexibility index (Phi) is 5.72. The molecule has 0 aliphatic heterocycles. The number of fused-ring (bicyclic) bond motifs is 1. The highest BCUT2D eigenvalue weighted by molar-refractivity contribution is 5.76. The number of nitrogens with one attached hydrogen (secondary N) is 1. The van der Waals surface area contributed by atoms with E-state index in [1.165, 1.54) is 11.6 Å². The van der Waals surface area contributed by atoms with Gasteiger partial charge in [-0.3, -0.25) is 18.7 Å². The molecule has 29 heavy (non-hydrogen) atoms. The summed E-state index contributed by atoms with van der Waals surface area (Å²) < 4.78 is 4.13. The van der Waals surface area contributed by atoms with E-state index in [0.717, 1.165) is 21.3 Å². The Morgan fingerprint density at radius 2 is 1.90 bits per heavy atom. The van der Waals surface area contributed by atoms with Crippen molar-refractivity contribution in [1.82, 2.24) is 24.0 Å². The predicted octanol–water partition coefficient (Wildman–Crippen LogP) is 1.71. The van der Waals surface area contributed by atoms with Crippen molar-refractivity contribution in [2.45, 2.75) is 46.2 Å². The largest absolute Gasteiger partial charge is 0.350 e. The zero-order valence-electron chi connectivity index (χ0n) is 17.5. The van der Waals surface area contributed by atoms with Crippen LogP contribution in [-0.2, 0) is 25.4 Å². The van der Waals surface area contributed by atoms with Gasteiger partial charge in [-0.2, -0.15) is 0 Å². The number of hydrogen-bond acceptors (Lipinski definition) is 4. The number of carbonyl (C=O) groups excluding carboxylic acids is 1. The maximum absolute atomic E-state index is 12.5. The summed E-state index contributed by atoms with van der Waals surface area (Å²) in [6.45, 7) is 6.52. The number of nitrogens with zero attached hydrogens (tertiary/aromatic N) is 4. The van der Waals surface area contributed by atoms with E-state index >= 15 is 0 Å². The van der Waals surface area contributed by atoms with Crippen molar-refractivity contribution in [2.24, 2.45) is 14.1 Å². The summed E-state index contributed by atoms with van der Waals surface area (Å²) >= 11 is 0. The fraction of sp³-hybridized carbons (Fsp3) is 0.429. The average Bonchev–Trinajstić information content (AvgIpc) is 3.10. The van der Waals surface area contributed by atoms with Crippen molar-refractivity contribution in [2.75, 3.05) is 0 Å². The summed E-state index contributed by atoms with van der Waals surface area (Å²) in [5.41, 5.74) is 3.36. The minimum absolute atomic E-state index is 0.0388. The van der Waals surface area contributed by atoms with Crippen molar-refractivity contribution in [3.63, 3.8) is 0 Å². The summed E-state index contributed by atoms with van der Waals surface area (Å²) in [4.78, 5) is 41.0. The number of carbonyl (C=O) groups is 1. The Morgan fingerprint density at radius 1 is 1.17 bits per heavy atom. The molecule has 1 amide bonds. The molecular weight excluding hydrogens is 370 g/mol. The second-order valence-corrected chi connectivity index (χ2v) is 7.57. The molecule has 8 heteroatoms. The Morgan fingerprint density at radius 3 is 2.62 bits per heavy atom. The van der Waals surface area contributed by atoms with Crippen LogP contribution in [0.2, 0.25) is 0 Å². The van der Waals surface area contributed by atoms with Crippen LogP contribution in [0, 0.1) is 13.8 Å². The first-order valence-corrected chi connectivity index (χ1v) is 9.68. The average molecular weight is 397 g/mol. The lowest BCUT2D eigenvalue weighted by atomic mass is 10.00. The predicted molar refractivity (Wildman–Crippen MR) is 112 cm³/mol. The number of hydrogen-bond donors (Lipinski definition) is 1. The van der Waals surface area contributed by atoms with Gasteiger partial charge >= 0.3 is 5.69 Å². The van der Waals surface area contributed by atoms with E-state index in [-0.39, 0.29) is 17.5 Å². The van der Waals surface area contributed by atoms with Gasteiger partial charge in [0.15, 0.2) is 11.2 Å². The van der Waals surface area contributed by atoms with E-state index in [2.05, 4.69) is 28.5 Å². The zero-order chi connectivity index (χ0) is 21.3. The normalized spacial score (nSPS) is 12.3. The first-order valence-electron chi connectivity index (χ1n) is 9.68. The molecule has 0 aliphatic carbocycles. The van der Waals surface area contributed by atoms with E-state index in [4.69, 9.17) is 0 Å². The second kappa shape index (κ2) is 8.06. The molecular formula is C21H27N5O3. The summed E-state index contributed by atoms with van der Waals surface area (Å²) in [5, 5.41) is 3.04. The van der Waals surface area contributed by atoms with Gasteiger partial charge in [0, 0.05) is 27.1 Å². The summed E-state index contributed by atoms with van der Waals surface area (Å²) in [5.74, 6) is -0.0388. The number of rotatable bonds is 6. The molecule has 2 heterocycles. The first kappa shape index (κ1) is 20.6. The molecule has 1 aromatic carbocycles. The quantitative estimate of drug-likeness (QED) is 0.686. The van der Waals surface area contributed by atoms with Gasteiger partial charge in [-0.15, -0.1) is 0 Å². The van der Waals surface area contributed by atoms with Crippen molar-refractivity contribution >= 4 is 17.1 Å². The van der Waals surface area contributed by atoms with Gasteiger partial charge in [0.1, 0.15) is 0 Å². The summed E-state index contributed by atoms with van der Waals surface area (Å²) in [7, 11) is 3.03. The number of imidazole rings is 1. The van der Waals surface area contributed by atoms with Crippen LogP contribution in [-0.4, -0.2) is 24.6 Å². The third-order valence-electron chi connectivity index (χ3n) is 5.30. The zero-order valence-corrected chi connectivity index (χ0v) is 17.5. The van der Waals surface area contributed by atoms with Crippen LogP contribution in [0.3, 0.4) is 0 Å². The molecule has 154 valence electrons. The van der Waals surface area contributed by atoms with Gasteiger partial charge < -0.3 is 9.88 Å². The standard InChI is InChI=1S/C21H27N5O3/c1-13-8-9-14(2)16(11-13)15(3)23-17(27)7-6-10-26-12-22-19-18(26)20(28)25(5)21(29)24(19)4/h8-9,11-12,15H,6-7,10H2,1-5H3,(H,23,27). The van der Waals surface area contributed by atoms with E-state index < -0.39 is 5.69 Å². The van der Waals surface area contributed by atoms with Crippen LogP contribution in [0.15, 0.2) is 34.1 Å².